The Kier molecular flexibility index (Phi) is 5.39. The standard InChI is InChI=1S/C13H22N2OS/c1-2-8-14-11-6-4-3-5-7-12(11)17-13-15-9-10-16-13/h9-12,14H,2-8H2,1H3. The van der Waals surface area contributed by atoms with Crippen LogP contribution in [-0.4, -0.2) is 22.8 Å². The van der Waals surface area contributed by atoms with E-state index in [1.807, 2.05) is 0 Å². The first-order valence-electron chi connectivity index (χ1n) is 6.69. The first kappa shape index (κ1) is 13.0. The molecular weight excluding hydrogens is 232 g/mol. The smallest absolute Gasteiger partial charge is 0.255 e. The highest BCUT2D eigenvalue weighted by Crippen LogP contribution is 2.32. The van der Waals surface area contributed by atoms with E-state index in [0.29, 0.717) is 11.3 Å². The average Bonchev–Trinajstić information content (AvgIpc) is 2.74. The van der Waals surface area contributed by atoms with E-state index < -0.39 is 0 Å². The molecule has 1 aromatic rings. The zero-order valence-corrected chi connectivity index (χ0v) is 11.3. The Morgan fingerprint density at radius 1 is 1.41 bits per heavy atom. The Bertz CT molecular complexity index is 302. The Balaban J connectivity index is 1.93. The fourth-order valence-corrected chi connectivity index (χ4v) is 3.55. The van der Waals surface area contributed by atoms with Gasteiger partial charge >= 0.3 is 0 Å². The van der Waals surface area contributed by atoms with Crippen molar-refractivity contribution in [3.05, 3.63) is 12.5 Å². The third-order valence-electron chi connectivity index (χ3n) is 3.27. The fraction of sp³-hybridized carbons (Fsp3) is 0.769. The molecule has 0 saturated heterocycles. The van der Waals surface area contributed by atoms with Gasteiger partial charge in [-0.25, -0.2) is 4.98 Å². The zero-order chi connectivity index (χ0) is 11.9. The van der Waals surface area contributed by atoms with Crippen LogP contribution in [0.5, 0.6) is 0 Å². The van der Waals surface area contributed by atoms with Crippen molar-refractivity contribution < 1.29 is 4.42 Å². The maximum atomic E-state index is 5.35. The van der Waals surface area contributed by atoms with Crippen LogP contribution in [-0.2, 0) is 0 Å². The van der Waals surface area contributed by atoms with Gasteiger partial charge in [0.05, 0.1) is 6.20 Å². The summed E-state index contributed by atoms with van der Waals surface area (Å²) in [6.07, 6.45) is 11.2. The maximum absolute atomic E-state index is 5.35. The van der Waals surface area contributed by atoms with E-state index in [2.05, 4.69) is 17.2 Å². The molecule has 1 fully saturated rings. The van der Waals surface area contributed by atoms with Crippen molar-refractivity contribution in [3.63, 3.8) is 0 Å². The van der Waals surface area contributed by atoms with Crippen LogP contribution in [0, 0.1) is 0 Å². The highest BCUT2D eigenvalue weighted by molar-refractivity contribution is 7.99. The van der Waals surface area contributed by atoms with Crippen LogP contribution in [0.1, 0.15) is 45.4 Å². The molecular formula is C13H22N2OS. The van der Waals surface area contributed by atoms with Gasteiger partial charge < -0.3 is 9.73 Å². The average molecular weight is 254 g/mol. The van der Waals surface area contributed by atoms with E-state index in [4.69, 9.17) is 4.42 Å². The lowest BCUT2D eigenvalue weighted by Gasteiger charge is -2.24. The molecule has 1 aliphatic carbocycles. The van der Waals surface area contributed by atoms with Gasteiger partial charge in [-0.1, -0.05) is 37.9 Å². The second-order valence-corrected chi connectivity index (χ2v) is 5.84. The molecule has 1 aliphatic rings. The van der Waals surface area contributed by atoms with Crippen LogP contribution >= 0.6 is 11.8 Å². The molecule has 2 atom stereocenters. The molecule has 1 saturated carbocycles. The van der Waals surface area contributed by atoms with E-state index in [0.717, 1.165) is 11.8 Å². The van der Waals surface area contributed by atoms with E-state index in [1.54, 1.807) is 24.2 Å². The van der Waals surface area contributed by atoms with Gasteiger partial charge in [0.15, 0.2) is 0 Å². The molecule has 1 N–H and O–H groups in total. The van der Waals surface area contributed by atoms with Crippen molar-refractivity contribution in [2.45, 2.75) is 62.0 Å². The number of nitrogens with one attached hydrogen (secondary N) is 1. The molecule has 2 unspecified atom stereocenters. The Labute approximate surface area is 108 Å². The fourth-order valence-electron chi connectivity index (χ4n) is 2.38. The van der Waals surface area contributed by atoms with Crippen molar-refractivity contribution in [3.8, 4) is 0 Å². The van der Waals surface area contributed by atoms with E-state index >= 15 is 0 Å². The quantitative estimate of drug-likeness (QED) is 0.817. The summed E-state index contributed by atoms with van der Waals surface area (Å²) in [5.74, 6) is 0. The van der Waals surface area contributed by atoms with Crippen LogP contribution in [0.3, 0.4) is 0 Å². The summed E-state index contributed by atoms with van der Waals surface area (Å²) in [6.45, 7) is 3.34. The normalized spacial score (nSPS) is 25.7. The number of rotatable bonds is 5. The summed E-state index contributed by atoms with van der Waals surface area (Å²) in [7, 11) is 0. The number of oxazole rings is 1. The van der Waals surface area contributed by atoms with E-state index in [9.17, 15) is 0 Å². The molecule has 0 aliphatic heterocycles. The first-order chi connectivity index (χ1) is 8.40. The Morgan fingerprint density at radius 2 is 2.29 bits per heavy atom. The van der Waals surface area contributed by atoms with Gasteiger partial charge in [-0.05, 0) is 25.8 Å². The van der Waals surface area contributed by atoms with Gasteiger partial charge in [-0.2, -0.15) is 0 Å². The van der Waals surface area contributed by atoms with Gasteiger partial charge in [-0.3, -0.25) is 0 Å². The SMILES string of the molecule is CCCNC1CCCCCC1Sc1ncco1. The number of hydrogen-bond acceptors (Lipinski definition) is 4. The van der Waals surface area contributed by atoms with Gasteiger partial charge in [0, 0.05) is 11.3 Å². The minimum absolute atomic E-state index is 0.614. The molecule has 4 heteroatoms. The number of aromatic nitrogens is 1. The summed E-state index contributed by atoms with van der Waals surface area (Å²) in [5.41, 5.74) is 0. The molecule has 0 spiro atoms. The molecule has 17 heavy (non-hydrogen) atoms. The summed E-state index contributed by atoms with van der Waals surface area (Å²) in [6, 6.07) is 0.620. The van der Waals surface area contributed by atoms with Gasteiger partial charge in [0.25, 0.3) is 5.22 Å². The van der Waals surface area contributed by atoms with E-state index in [-0.39, 0.29) is 0 Å². The Morgan fingerprint density at radius 3 is 3.06 bits per heavy atom. The molecule has 96 valence electrons. The summed E-state index contributed by atoms with van der Waals surface area (Å²) >= 11 is 1.80. The topological polar surface area (TPSA) is 38.1 Å². The largest absolute Gasteiger partial charge is 0.440 e. The van der Waals surface area contributed by atoms with Crippen LogP contribution in [0.2, 0.25) is 0 Å². The van der Waals surface area contributed by atoms with Crippen molar-refractivity contribution >= 4 is 11.8 Å². The minimum atomic E-state index is 0.614. The lowest BCUT2D eigenvalue weighted by molar-refractivity contribution is 0.441. The third kappa shape index (κ3) is 4.03. The second kappa shape index (κ2) is 7.07. The van der Waals surface area contributed by atoms with Crippen molar-refractivity contribution in [2.75, 3.05) is 6.54 Å². The highest BCUT2D eigenvalue weighted by atomic mass is 32.2. The predicted molar refractivity (Wildman–Crippen MR) is 71.3 cm³/mol. The monoisotopic (exact) mass is 254 g/mol. The number of nitrogens with zero attached hydrogens (tertiary/aromatic N) is 1. The molecule has 3 nitrogen and oxygen atoms in total. The Hall–Kier alpha value is -0.480. The van der Waals surface area contributed by atoms with Crippen LogP contribution in [0.4, 0.5) is 0 Å². The molecule has 0 aromatic carbocycles. The van der Waals surface area contributed by atoms with Gasteiger partial charge in [0.1, 0.15) is 6.26 Å². The zero-order valence-electron chi connectivity index (χ0n) is 10.5. The van der Waals surface area contributed by atoms with Crippen molar-refractivity contribution in [1.29, 1.82) is 0 Å². The van der Waals surface area contributed by atoms with Crippen molar-refractivity contribution in [2.24, 2.45) is 0 Å². The summed E-state index contributed by atoms with van der Waals surface area (Å²) in [4.78, 5) is 4.22. The first-order valence-corrected chi connectivity index (χ1v) is 7.57. The van der Waals surface area contributed by atoms with Gasteiger partial charge in [-0.15, -0.1) is 0 Å². The lowest BCUT2D eigenvalue weighted by Crippen LogP contribution is -2.37. The molecule has 1 heterocycles. The summed E-state index contributed by atoms with van der Waals surface area (Å²) < 4.78 is 5.35. The maximum Gasteiger partial charge on any atom is 0.255 e. The molecule has 1 aromatic heterocycles. The minimum Gasteiger partial charge on any atom is -0.440 e. The number of hydrogen-bond donors (Lipinski definition) is 1. The molecule has 2 rings (SSSR count). The van der Waals surface area contributed by atoms with Gasteiger partial charge in [0.2, 0.25) is 0 Å². The van der Waals surface area contributed by atoms with Crippen molar-refractivity contribution in [1.82, 2.24) is 10.3 Å². The van der Waals surface area contributed by atoms with Crippen LogP contribution in [0.15, 0.2) is 22.1 Å². The molecule has 0 radical (unpaired) electrons. The highest BCUT2D eigenvalue weighted by Gasteiger charge is 2.25. The van der Waals surface area contributed by atoms with E-state index in [1.165, 1.54) is 38.5 Å². The second-order valence-electron chi connectivity index (χ2n) is 4.65. The third-order valence-corrected chi connectivity index (χ3v) is 4.54. The van der Waals surface area contributed by atoms with Crippen LogP contribution < -0.4 is 5.32 Å². The van der Waals surface area contributed by atoms with Crippen LogP contribution in [0.25, 0.3) is 0 Å². The molecule has 0 amide bonds. The number of thioether (sulfide) groups is 1. The lowest BCUT2D eigenvalue weighted by atomic mass is 10.1. The molecule has 0 bridgehead atoms. The predicted octanol–water partition coefficient (Wildman–Crippen LogP) is 3.47. The summed E-state index contributed by atoms with van der Waals surface area (Å²) in [5, 5.41) is 5.12.